The van der Waals surface area contributed by atoms with Crippen molar-refractivity contribution in [3.63, 3.8) is 0 Å². The molecule has 26 heavy (non-hydrogen) atoms. The van der Waals surface area contributed by atoms with Crippen LogP contribution >= 0.6 is 0 Å². The number of hydrogen-bond acceptors (Lipinski definition) is 4. The third-order valence-corrected chi connectivity index (χ3v) is 8.05. The van der Waals surface area contributed by atoms with E-state index in [1.807, 2.05) is 6.08 Å². The van der Waals surface area contributed by atoms with Crippen molar-refractivity contribution in [2.45, 2.75) is 64.9 Å². The van der Waals surface area contributed by atoms with Crippen LogP contribution in [0.25, 0.3) is 0 Å². The van der Waals surface area contributed by atoms with Gasteiger partial charge in [0.2, 0.25) is 0 Å². The van der Waals surface area contributed by atoms with Gasteiger partial charge in [-0.2, -0.15) is 0 Å². The van der Waals surface area contributed by atoms with Crippen LogP contribution in [0.4, 0.5) is 0 Å². The highest BCUT2D eigenvalue weighted by atomic mass is 16.5. The topological polar surface area (TPSA) is 80.7 Å². The molecule has 5 heteroatoms. The van der Waals surface area contributed by atoms with Crippen molar-refractivity contribution >= 4 is 17.5 Å². The summed E-state index contributed by atoms with van der Waals surface area (Å²) >= 11 is 0. The van der Waals surface area contributed by atoms with Crippen molar-refractivity contribution in [2.75, 3.05) is 6.61 Å². The third-order valence-electron chi connectivity index (χ3n) is 8.05. The summed E-state index contributed by atoms with van der Waals surface area (Å²) in [6, 6.07) is 0. The summed E-state index contributed by atoms with van der Waals surface area (Å²) in [6.07, 6.45) is 7.43. The molecule has 3 fully saturated rings. The van der Waals surface area contributed by atoms with Crippen LogP contribution in [0, 0.1) is 28.6 Å². The summed E-state index contributed by atoms with van der Waals surface area (Å²) < 4.78 is 5.51. The van der Waals surface area contributed by atoms with Crippen molar-refractivity contribution in [1.29, 1.82) is 0 Å². The van der Waals surface area contributed by atoms with Gasteiger partial charge in [0.25, 0.3) is 0 Å². The predicted octanol–water partition coefficient (Wildman–Crippen LogP) is 3.17. The van der Waals surface area contributed by atoms with Gasteiger partial charge in [0.15, 0.2) is 5.78 Å². The molecule has 1 N–H and O–H groups in total. The molecule has 6 atom stereocenters. The third kappa shape index (κ3) is 2.50. The molecule has 142 valence electrons. The standard InChI is InChI=1S/C21H28O5/c1-20-7-5-13(26-11-18(24)25)9-12(20)10-16(22)19-14-3-4-17(23)21(14,2)8-6-15(19)20/h10,13-15,19H,3-9,11H2,1-2H3,(H,24,25)/t13-,14?,15?,19?,20-,21-/m0/s1. The predicted molar refractivity (Wildman–Crippen MR) is 94.5 cm³/mol. The maximum absolute atomic E-state index is 13.1. The molecular formula is C21H28O5. The molecule has 5 nitrogen and oxygen atoms in total. The lowest BCUT2D eigenvalue weighted by Gasteiger charge is -2.56. The molecule has 4 aliphatic carbocycles. The van der Waals surface area contributed by atoms with Crippen molar-refractivity contribution in [2.24, 2.45) is 28.6 Å². The Bertz CT molecular complexity index is 695. The van der Waals surface area contributed by atoms with Gasteiger partial charge in [-0.05, 0) is 61.9 Å². The van der Waals surface area contributed by atoms with Gasteiger partial charge in [0.1, 0.15) is 12.4 Å². The second kappa shape index (κ2) is 6.01. The molecule has 0 bridgehead atoms. The van der Waals surface area contributed by atoms with Gasteiger partial charge in [0, 0.05) is 17.8 Å². The number of rotatable bonds is 3. The van der Waals surface area contributed by atoms with Crippen LogP contribution in [-0.4, -0.2) is 35.4 Å². The first-order chi connectivity index (χ1) is 12.3. The molecule has 0 radical (unpaired) electrons. The molecule has 3 saturated carbocycles. The van der Waals surface area contributed by atoms with E-state index in [9.17, 15) is 14.4 Å². The Morgan fingerprint density at radius 3 is 2.58 bits per heavy atom. The number of allylic oxidation sites excluding steroid dienone is 1. The molecule has 4 rings (SSSR count). The highest BCUT2D eigenvalue weighted by molar-refractivity contribution is 5.96. The van der Waals surface area contributed by atoms with Gasteiger partial charge >= 0.3 is 5.97 Å². The highest BCUT2D eigenvalue weighted by Gasteiger charge is 2.60. The number of carboxylic acids is 1. The first-order valence-electron chi connectivity index (χ1n) is 9.87. The zero-order valence-electron chi connectivity index (χ0n) is 15.6. The SMILES string of the molecule is C[C@]12CC[C@H](OCC(=O)O)CC1=CC(=O)C1C2CC[C@]2(C)C(=O)CCC12. The Kier molecular flexibility index (Phi) is 4.14. The Hall–Kier alpha value is -1.49. The minimum Gasteiger partial charge on any atom is -0.480 e. The van der Waals surface area contributed by atoms with Crippen LogP contribution in [0.5, 0.6) is 0 Å². The quantitative estimate of drug-likeness (QED) is 0.836. The number of aliphatic carboxylic acids is 1. The summed E-state index contributed by atoms with van der Waals surface area (Å²) in [5.74, 6) is 0.0534. The molecule has 0 aromatic rings. The zero-order chi connectivity index (χ0) is 18.7. The van der Waals surface area contributed by atoms with E-state index in [0.717, 1.165) is 37.7 Å². The molecule has 0 aromatic carbocycles. The number of carboxylic acid groups (broad SMARTS) is 1. The lowest BCUT2D eigenvalue weighted by atomic mass is 9.48. The minimum absolute atomic E-state index is 0.0192. The van der Waals surface area contributed by atoms with Crippen LogP contribution in [0.3, 0.4) is 0 Å². The fourth-order valence-corrected chi connectivity index (χ4v) is 6.47. The second-order valence-corrected chi connectivity index (χ2v) is 9.22. The molecule has 0 amide bonds. The fraction of sp³-hybridized carbons (Fsp3) is 0.762. The first kappa shape index (κ1) is 17.9. The molecular weight excluding hydrogens is 332 g/mol. The first-order valence-corrected chi connectivity index (χ1v) is 9.87. The molecule has 0 heterocycles. The lowest BCUT2D eigenvalue weighted by molar-refractivity contribution is -0.147. The van der Waals surface area contributed by atoms with Gasteiger partial charge in [0.05, 0.1) is 6.10 Å². The van der Waals surface area contributed by atoms with Gasteiger partial charge in [-0.1, -0.05) is 19.4 Å². The largest absolute Gasteiger partial charge is 0.480 e. The van der Waals surface area contributed by atoms with Crippen LogP contribution in [0.1, 0.15) is 58.8 Å². The number of ether oxygens (including phenoxy) is 1. The number of carbonyl (C=O) groups is 3. The van der Waals surface area contributed by atoms with Crippen LogP contribution in [0.15, 0.2) is 11.6 Å². The second-order valence-electron chi connectivity index (χ2n) is 9.22. The molecule has 0 saturated heterocycles. The molecule has 0 spiro atoms. The van der Waals surface area contributed by atoms with E-state index in [-0.39, 0.29) is 41.2 Å². The smallest absolute Gasteiger partial charge is 0.329 e. The van der Waals surface area contributed by atoms with Gasteiger partial charge in [-0.25, -0.2) is 4.79 Å². The van der Waals surface area contributed by atoms with Crippen LogP contribution in [-0.2, 0) is 19.1 Å². The van der Waals surface area contributed by atoms with E-state index in [4.69, 9.17) is 9.84 Å². The van der Waals surface area contributed by atoms with E-state index >= 15 is 0 Å². The van der Waals surface area contributed by atoms with Gasteiger partial charge in [-0.3, -0.25) is 9.59 Å². The van der Waals surface area contributed by atoms with Gasteiger partial charge in [-0.15, -0.1) is 0 Å². The monoisotopic (exact) mass is 360 g/mol. The fourth-order valence-electron chi connectivity index (χ4n) is 6.47. The van der Waals surface area contributed by atoms with Gasteiger partial charge < -0.3 is 9.84 Å². The Balaban J connectivity index is 1.61. The number of ketones is 2. The number of carbonyl (C=O) groups excluding carboxylic acids is 2. The normalized spacial score (nSPS) is 44.8. The maximum atomic E-state index is 13.1. The Morgan fingerprint density at radius 2 is 1.85 bits per heavy atom. The van der Waals surface area contributed by atoms with Crippen molar-refractivity contribution in [3.05, 3.63) is 11.6 Å². The molecule has 3 unspecified atom stereocenters. The van der Waals surface area contributed by atoms with Crippen molar-refractivity contribution in [1.82, 2.24) is 0 Å². The average molecular weight is 360 g/mol. The molecule has 0 aromatic heterocycles. The minimum atomic E-state index is -0.954. The van der Waals surface area contributed by atoms with E-state index in [1.54, 1.807) is 0 Å². The maximum Gasteiger partial charge on any atom is 0.329 e. The van der Waals surface area contributed by atoms with Crippen molar-refractivity contribution < 1.29 is 24.2 Å². The highest BCUT2D eigenvalue weighted by Crippen LogP contribution is 2.63. The van der Waals surface area contributed by atoms with Crippen molar-refractivity contribution in [3.8, 4) is 0 Å². The zero-order valence-corrected chi connectivity index (χ0v) is 15.6. The Labute approximate surface area is 154 Å². The van der Waals surface area contributed by atoms with Crippen LogP contribution in [0.2, 0.25) is 0 Å². The summed E-state index contributed by atoms with van der Waals surface area (Å²) in [5.41, 5.74) is 0.813. The number of Topliss-reactive ketones (excluding diaryl/α,β-unsaturated/α-hetero) is 1. The van der Waals surface area contributed by atoms with E-state index in [1.165, 1.54) is 0 Å². The summed E-state index contributed by atoms with van der Waals surface area (Å²) in [4.78, 5) is 36.3. The summed E-state index contributed by atoms with van der Waals surface area (Å²) in [5, 5.41) is 8.84. The lowest BCUT2D eigenvalue weighted by Crippen LogP contribution is -2.53. The van der Waals surface area contributed by atoms with Crippen LogP contribution < -0.4 is 0 Å². The summed E-state index contributed by atoms with van der Waals surface area (Å²) in [6.45, 7) is 4.07. The average Bonchev–Trinajstić information content (AvgIpc) is 2.89. The van der Waals surface area contributed by atoms with E-state index < -0.39 is 5.97 Å². The van der Waals surface area contributed by atoms with E-state index in [2.05, 4.69) is 13.8 Å². The number of hydrogen-bond donors (Lipinski definition) is 1. The number of fused-ring (bicyclic) bond motifs is 5. The molecule has 4 aliphatic rings. The summed E-state index contributed by atoms with van der Waals surface area (Å²) in [7, 11) is 0. The molecule has 0 aliphatic heterocycles. The Morgan fingerprint density at radius 1 is 1.15 bits per heavy atom. The van der Waals surface area contributed by atoms with E-state index in [0.29, 0.717) is 24.5 Å².